The van der Waals surface area contributed by atoms with E-state index in [0.717, 1.165) is 102 Å². The molecule has 0 radical (unpaired) electrons. The molecule has 0 aliphatic carbocycles. The number of hydrogen-bond acceptors (Lipinski definition) is 15. The van der Waals surface area contributed by atoms with E-state index < -0.39 is 97.5 Å². The van der Waals surface area contributed by atoms with E-state index in [4.69, 9.17) is 37.0 Å². The standard InChI is InChI=1S/C86H168O17P2/c1-7-9-11-13-15-17-19-21-23-25-27-28-29-31-33-35-39-45-52-58-64-70-85(90)102-81(74-96-83(88)68-62-56-50-44-38-34-32-30-26-24-22-20-18-16-14-12-10-8-2)76-100-104(92,93)98-72-80(87)73-99-105(94,95)101-77-82(75-97-84(89)69-63-57-51-47-41-43-49-55-61-67-79(5)6)103-86(91)71-65-59-53-46-40-36-37-42-48-54-60-66-78(3)4/h78-82,87H,7-77H2,1-6H3,(H,92,93)(H,94,95)/t80-,81-,82-/m1/s1. The Morgan fingerprint density at radius 1 is 0.257 bits per heavy atom. The van der Waals surface area contributed by atoms with Gasteiger partial charge in [-0.25, -0.2) is 9.13 Å². The summed E-state index contributed by atoms with van der Waals surface area (Å²) in [5.41, 5.74) is 0. The molecule has 105 heavy (non-hydrogen) atoms. The van der Waals surface area contributed by atoms with Crippen LogP contribution in [-0.2, 0) is 65.4 Å². The van der Waals surface area contributed by atoms with E-state index in [1.54, 1.807) is 0 Å². The summed E-state index contributed by atoms with van der Waals surface area (Å²) in [7, 11) is -9.93. The van der Waals surface area contributed by atoms with Crippen LogP contribution < -0.4 is 0 Å². The number of esters is 4. The SMILES string of the molecule is CCCCCCCCCCCCCCCCCCCCCCCC(=O)O[C@H](COC(=O)CCCCCCCCCCCCCCCCCCCC)COP(=O)(O)OC[C@@H](O)COP(=O)(O)OC[C@@H](COC(=O)CCCCCCCCCCCC(C)C)OC(=O)CCCCCCCCCCCCCC(C)C. The summed E-state index contributed by atoms with van der Waals surface area (Å²) in [5, 5.41) is 10.7. The van der Waals surface area contributed by atoms with Crippen molar-refractivity contribution in [1.29, 1.82) is 0 Å². The van der Waals surface area contributed by atoms with Crippen LogP contribution in [0.5, 0.6) is 0 Å². The lowest BCUT2D eigenvalue weighted by Gasteiger charge is -2.21. The quantitative estimate of drug-likeness (QED) is 0.0222. The van der Waals surface area contributed by atoms with E-state index in [1.807, 2.05) is 0 Å². The van der Waals surface area contributed by atoms with Gasteiger partial charge in [0, 0.05) is 25.7 Å². The highest BCUT2D eigenvalue weighted by atomic mass is 31.2. The van der Waals surface area contributed by atoms with Crippen LogP contribution in [0.4, 0.5) is 0 Å². The van der Waals surface area contributed by atoms with Crippen molar-refractivity contribution in [2.45, 2.75) is 477 Å². The fraction of sp³-hybridized carbons (Fsp3) is 0.953. The molecule has 0 rings (SSSR count). The van der Waals surface area contributed by atoms with Crippen molar-refractivity contribution in [2.24, 2.45) is 11.8 Å². The van der Waals surface area contributed by atoms with E-state index in [2.05, 4.69) is 41.5 Å². The Kier molecular flexibility index (Phi) is 76.0. The maximum atomic E-state index is 13.2. The monoisotopic (exact) mass is 1540 g/mol. The summed E-state index contributed by atoms with van der Waals surface area (Å²) in [6.07, 6.45) is 69.5. The van der Waals surface area contributed by atoms with Crippen LogP contribution in [-0.4, -0.2) is 96.7 Å². The average molecular weight is 1540 g/mol. The largest absolute Gasteiger partial charge is 0.472 e. The molecule has 0 aliphatic heterocycles. The Balaban J connectivity index is 5.24. The van der Waals surface area contributed by atoms with Crippen molar-refractivity contribution in [1.82, 2.24) is 0 Å². The Morgan fingerprint density at radius 2 is 0.438 bits per heavy atom. The third kappa shape index (κ3) is 79.9. The first-order valence-electron chi connectivity index (χ1n) is 44.5. The van der Waals surface area contributed by atoms with Gasteiger partial charge in [0.1, 0.15) is 19.3 Å². The highest BCUT2D eigenvalue weighted by Gasteiger charge is 2.30. The Morgan fingerprint density at radius 3 is 0.648 bits per heavy atom. The van der Waals surface area contributed by atoms with E-state index in [1.165, 1.54) is 276 Å². The third-order valence-electron chi connectivity index (χ3n) is 20.2. The Bertz CT molecular complexity index is 2010. The molecule has 0 aromatic rings. The van der Waals surface area contributed by atoms with Gasteiger partial charge in [-0.15, -0.1) is 0 Å². The molecule has 0 saturated heterocycles. The van der Waals surface area contributed by atoms with Gasteiger partial charge in [-0.1, -0.05) is 408 Å². The van der Waals surface area contributed by atoms with Crippen molar-refractivity contribution in [3.05, 3.63) is 0 Å². The maximum absolute atomic E-state index is 13.2. The molecule has 0 heterocycles. The zero-order valence-corrected chi connectivity index (χ0v) is 70.8. The van der Waals surface area contributed by atoms with Crippen molar-refractivity contribution in [2.75, 3.05) is 39.6 Å². The van der Waals surface area contributed by atoms with Crippen molar-refractivity contribution >= 4 is 39.5 Å². The molecule has 0 saturated carbocycles. The highest BCUT2D eigenvalue weighted by Crippen LogP contribution is 2.45. The number of aliphatic hydroxyl groups is 1. The highest BCUT2D eigenvalue weighted by molar-refractivity contribution is 7.47. The van der Waals surface area contributed by atoms with Crippen LogP contribution in [0.15, 0.2) is 0 Å². The molecule has 624 valence electrons. The van der Waals surface area contributed by atoms with E-state index in [-0.39, 0.29) is 25.7 Å². The molecule has 3 N–H and O–H groups in total. The van der Waals surface area contributed by atoms with Crippen LogP contribution >= 0.6 is 15.6 Å². The van der Waals surface area contributed by atoms with Crippen LogP contribution in [0.3, 0.4) is 0 Å². The summed E-state index contributed by atoms with van der Waals surface area (Å²) in [5.74, 6) is -0.594. The van der Waals surface area contributed by atoms with Crippen LogP contribution in [0, 0.1) is 11.8 Å². The van der Waals surface area contributed by atoms with E-state index in [9.17, 15) is 43.2 Å². The number of unbranched alkanes of at least 4 members (excludes halogenated alkanes) is 55. The average Bonchev–Trinajstić information content (AvgIpc) is 0.911. The van der Waals surface area contributed by atoms with Crippen molar-refractivity contribution < 1.29 is 80.2 Å². The smallest absolute Gasteiger partial charge is 0.462 e. The number of phosphoric acid groups is 2. The molecule has 0 amide bonds. The number of carbonyl (C=O) groups is 4. The fourth-order valence-electron chi connectivity index (χ4n) is 13.4. The number of carbonyl (C=O) groups excluding carboxylic acids is 4. The molecule has 5 atom stereocenters. The molecule has 0 aromatic heterocycles. The van der Waals surface area contributed by atoms with Gasteiger partial charge >= 0.3 is 39.5 Å². The first kappa shape index (κ1) is 103. The van der Waals surface area contributed by atoms with Gasteiger partial charge in [0.25, 0.3) is 0 Å². The molecular weight excluding hydrogens is 1370 g/mol. The van der Waals surface area contributed by atoms with Gasteiger partial charge in [0.05, 0.1) is 26.4 Å². The van der Waals surface area contributed by atoms with E-state index in [0.29, 0.717) is 25.7 Å². The summed E-state index contributed by atoms with van der Waals surface area (Å²) in [4.78, 5) is 73.2. The molecule has 2 unspecified atom stereocenters. The number of phosphoric ester groups is 2. The summed E-state index contributed by atoms with van der Waals surface area (Å²) >= 11 is 0. The molecule has 0 bridgehead atoms. The van der Waals surface area contributed by atoms with Gasteiger partial charge < -0.3 is 33.8 Å². The number of aliphatic hydroxyl groups excluding tert-OH is 1. The normalized spacial score (nSPS) is 13.8. The summed E-state index contributed by atoms with van der Waals surface area (Å²) in [6, 6.07) is 0. The fourth-order valence-corrected chi connectivity index (χ4v) is 15.0. The van der Waals surface area contributed by atoms with Crippen molar-refractivity contribution in [3.63, 3.8) is 0 Å². The maximum Gasteiger partial charge on any atom is 0.472 e. The first-order chi connectivity index (χ1) is 50.9. The second-order valence-corrected chi connectivity index (χ2v) is 34.8. The van der Waals surface area contributed by atoms with Crippen LogP contribution in [0.1, 0.15) is 459 Å². The van der Waals surface area contributed by atoms with Gasteiger partial charge in [-0.05, 0) is 37.5 Å². The molecule has 17 nitrogen and oxygen atoms in total. The molecular formula is C86H168O17P2. The number of ether oxygens (including phenoxy) is 4. The summed E-state index contributed by atoms with van der Waals surface area (Å²) in [6.45, 7) is 9.65. The minimum absolute atomic E-state index is 0.106. The molecule has 0 fully saturated rings. The van der Waals surface area contributed by atoms with Gasteiger partial charge in [-0.2, -0.15) is 0 Å². The molecule has 0 spiro atoms. The lowest BCUT2D eigenvalue weighted by Crippen LogP contribution is -2.30. The Labute approximate surface area is 645 Å². The number of hydrogen-bond donors (Lipinski definition) is 3. The minimum Gasteiger partial charge on any atom is -0.462 e. The van der Waals surface area contributed by atoms with E-state index >= 15 is 0 Å². The lowest BCUT2D eigenvalue weighted by molar-refractivity contribution is -0.161. The van der Waals surface area contributed by atoms with Crippen molar-refractivity contribution in [3.8, 4) is 0 Å². The third-order valence-corrected chi connectivity index (χ3v) is 22.1. The van der Waals surface area contributed by atoms with Crippen LogP contribution in [0.25, 0.3) is 0 Å². The minimum atomic E-state index is -4.97. The molecule has 19 heteroatoms. The van der Waals surface area contributed by atoms with Gasteiger partial charge in [-0.3, -0.25) is 37.3 Å². The second-order valence-electron chi connectivity index (χ2n) is 31.9. The van der Waals surface area contributed by atoms with Gasteiger partial charge in [0.15, 0.2) is 12.2 Å². The zero-order valence-electron chi connectivity index (χ0n) is 69.0. The lowest BCUT2D eigenvalue weighted by atomic mass is 10.0. The number of rotatable bonds is 85. The van der Waals surface area contributed by atoms with Crippen LogP contribution in [0.2, 0.25) is 0 Å². The zero-order chi connectivity index (χ0) is 77.1. The predicted octanol–water partition coefficient (Wildman–Crippen LogP) is 26.2. The first-order valence-corrected chi connectivity index (χ1v) is 47.5. The summed E-state index contributed by atoms with van der Waals surface area (Å²) < 4.78 is 68.9. The van der Waals surface area contributed by atoms with Gasteiger partial charge in [0.2, 0.25) is 0 Å². The molecule has 0 aromatic carbocycles. The second kappa shape index (κ2) is 77.4. The molecule has 0 aliphatic rings. The topological polar surface area (TPSA) is 237 Å². The predicted molar refractivity (Wildman–Crippen MR) is 432 cm³/mol. The Hall–Kier alpha value is -1.94.